The van der Waals surface area contributed by atoms with Crippen LogP contribution in [-0.4, -0.2) is 85.3 Å². The van der Waals surface area contributed by atoms with Crippen LogP contribution in [0.5, 0.6) is 0 Å². The van der Waals surface area contributed by atoms with E-state index in [4.69, 9.17) is 14.6 Å². The first kappa shape index (κ1) is 23.5. The Hall–Kier alpha value is -2.79. The van der Waals surface area contributed by atoms with E-state index in [1.54, 1.807) is 19.0 Å². The second kappa shape index (κ2) is 10.8. The molecule has 2 aliphatic rings. The maximum absolute atomic E-state index is 13.6. The van der Waals surface area contributed by atoms with Gasteiger partial charge in [-0.1, -0.05) is 0 Å². The Labute approximate surface area is 173 Å². The number of benzene rings is 1. The van der Waals surface area contributed by atoms with Gasteiger partial charge in [0.25, 0.3) is 6.47 Å². The molecule has 9 nitrogen and oxygen atoms in total. The molecule has 3 amide bonds. The third kappa shape index (κ3) is 6.63. The first-order chi connectivity index (χ1) is 14.2. The van der Waals surface area contributed by atoms with Gasteiger partial charge in [-0.2, -0.15) is 0 Å². The lowest BCUT2D eigenvalue weighted by Crippen LogP contribution is -2.47. The highest BCUT2D eigenvalue weighted by molar-refractivity contribution is 5.89. The average molecular weight is 428 g/mol. The lowest BCUT2D eigenvalue weighted by molar-refractivity contribution is -0.134. The third-order valence-electron chi connectivity index (χ3n) is 4.91. The van der Waals surface area contributed by atoms with Crippen molar-refractivity contribution in [3.63, 3.8) is 0 Å². The average Bonchev–Trinajstić information content (AvgIpc) is 3.06. The van der Waals surface area contributed by atoms with Gasteiger partial charge in [-0.15, -0.1) is 0 Å². The van der Waals surface area contributed by atoms with E-state index in [0.717, 1.165) is 12.1 Å². The summed E-state index contributed by atoms with van der Waals surface area (Å²) in [4.78, 5) is 36.1. The van der Waals surface area contributed by atoms with E-state index in [1.165, 1.54) is 6.07 Å². The van der Waals surface area contributed by atoms with Gasteiger partial charge in [-0.3, -0.25) is 14.5 Å². The smallest absolute Gasteiger partial charge is 0.319 e. The molecule has 1 aromatic carbocycles. The number of hydrogen-bond donors (Lipinski definition) is 3. The number of anilines is 1. The molecule has 1 aromatic rings. The highest BCUT2D eigenvalue weighted by Gasteiger charge is 2.38. The molecule has 0 aliphatic carbocycles. The quantitative estimate of drug-likeness (QED) is 0.620. The number of carboxylic acid groups (broad SMARTS) is 1. The highest BCUT2D eigenvalue weighted by Crippen LogP contribution is 2.25. The topological polar surface area (TPSA) is 111 Å². The van der Waals surface area contributed by atoms with Crippen LogP contribution in [0.3, 0.4) is 0 Å². The van der Waals surface area contributed by atoms with Crippen molar-refractivity contribution in [3.8, 4) is 0 Å². The Morgan fingerprint density at radius 1 is 1.33 bits per heavy atom. The normalized spacial score (nSPS) is 22.9. The Morgan fingerprint density at radius 2 is 2.03 bits per heavy atom. The van der Waals surface area contributed by atoms with Gasteiger partial charge in [-0.05, 0) is 18.6 Å². The minimum absolute atomic E-state index is 0.0213. The summed E-state index contributed by atoms with van der Waals surface area (Å²) in [5, 5.41) is 12.1. The van der Waals surface area contributed by atoms with Crippen LogP contribution in [-0.2, 0) is 14.3 Å². The van der Waals surface area contributed by atoms with Gasteiger partial charge >= 0.3 is 6.03 Å². The number of ether oxygens (including phenoxy) is 1. The van der Waals surface area contributed by atoms with E-state index in [2.05, 4.69) is 15.5 Å². The molecular weight excluding hydrogens is 402 g/mol. The van der Waals surface area contributed by atoms with Crippen molar-refractivity contribution in [2.75, 3.05) is 39.1 Å². The molecule has 2 heterocycles. The molecular formula is C19H26F2N4O5. The van der Waals surface area contributed by atoms with E-state index in [1.807, 2.05) is 0 Å². The van der Waals surface area contributed by atoms with Crippen LogP contribution >= 0.6 is 0 Å². The lowest BCUT2D eigenvalue weighted by atomic mass is 10.1. The number of carbonyl (C=O) groups excluding carboxylic acids is 2. The first-order valence-corrected chi connectivity index (χ1v) is 9.39. The number of nitrogens with one attached hydrogen (secondary N) is 2. The number of nitrogens with zero attached hydrogens (tertiary/aromatic N) is 2. The summed E-state index contributed by atoms with van der Waals surface area (Å²) in [6, 6.07) is 2.53. The second-order valence-corrected chi connectivity index (χ2v) is 7.32. The van der Waals surface area contributed by atoms with E-state index < -0.39 is 17.7 Å². The molecule has 0 aromatic heterocycles. The Morgan fingerprint density at radius 3 is 2.67 bits per heavy atom. The minimum Gasteiger partial charge on any atom is -0.483 e. The fourth-order valence-corrected chi connectivity index (χ4v) is 3.48. The van der Waals surface area contributed by atoms with Crippen molar-refractivity contribution in [1.29, 1.82) is 0 Å². The van der Waals surface area contributed by atoms with E-state index in [9.17, 15) is 18.4 Å². The maximum Gasteiger partial charge on any atom is 0.319 e. The molecule has 0 radical (unpaired) electrons. The van der Waals surface area contributed by atoms with Crippen LogP contribution < -0.4 is 10.6 Å². The number of hydrogen-bond acceptors (Lipinski definition) is 5. The summed E-state index contributed by atoms with van der Waals surface area (Å²) in [5.41, 5.74) is -0.0739. The van der Waals surface area contributed by atoms with Crippen molar-refractivity contribution in [1.82, 2.24) is 15.1 Å². The van der Waals surface area contributed by atoms with E-state index >= 15 is 0 Å². The van der Waals surface area contributed by atoms with Gasteiger partial charge in [0.05, 0.1) is 24.8 Å². The van der Waals surface area contributed by atoms with Crippen molar-refractivity contribution >= 4 is 24.1 Å². The Bertz CT molecular complexity index is 764. The van der Waals surface area contributed by atoms with Gasteiger partial charge in [0.1, 0.15) is 11.6 Å². The molecule has 0 bridgehead atoms. The molecule has 0 unspecified atom stereocenters. The van der Waals surface area contributed by atoms with Crippen LogP contribution in [0.4, 0.5) is 19.3 Å². The van der Waals surface area contributed by atoms with Crippen LogP contribution in [0, 0.1) is 11.6 Å². The standard InChI is InChI=1S/C18H24F2N4O3.CH2O2/c1-23(2)17(25)7-14-9-24-8-12(6-13(24)10-27-14)21-18(26)22-16-4-3-11(19)5-15(16)20;2-1-3/h3-5,12-14H,6-10H2,1-2H3,(H2,21,22,26);1H,(H,2,3)/t12-,13+,14+;/m1./s1. The summed E-state index contributed by atoms with van der Waals surface area (Å²) < 4.78 is 32.3. The second-order valence-electron chi connectivity index (χ2n) is 7.32. The van der Waals surface area contributed by atoms with Crippen molar-refractivity contribution in [3.05, 3.63) is 29.8 Å². The molecule has 3 atom stereocenters. The summed E-state index contributed by atoms with van der Waals surface area (Å²) in [5.74, 6) is -1.50. The molecule has 30 heavy (non-hydrogen) atoms. The fourth-order valence-electron chi connectivity index (χ4n) is 3.48. The van der Waals surface area contributed by atoms with Gasteiger partial charge in [0.15, 0.2) is 0 Å². The minimum atomic E-state index is -0.823. The fraction of sp³-hybridized carbons (Fsp3) is 0.526. The van der Waals surface area contributed by atoms with Gasteiger partial charge in [0, 0.05) is 45.3 Å². The molecule has 3 rings (SSSR count). The molecule has 3 N–H and O–H groups in total. The number of carbonyl (C=O) groups is 3. The zero-order valence-electron chi connectivity index (χ0n) is 16.8. The monoisotopic (exact) mass is 428 g/mol. The number of morpholine rings is 1. The van der Waals surface area contributed by atoms with Crippen LogP contribution in [0.15, 0.2) is 18.2 Å². The first-order valence-electron chi connectivity index (χ1n) is 9.39. The zero-order chi connectivity index (χ0) is 22.3. The predicted molar refractivity (Wildman–Crippen MR) is 104 cm³/mol. The maximum atomic E-state index is 13.6. The molecule has 2 fully saturated rings. The third-order valence-corrected chi connectivity index (χ3v) is 4.91. The summed E-state index contributed by atoms with van der Waals surface area (Å²) in [7, 11) is 3.43. The van der Waals surface area contributed by atoms with Gasteiger partial charge < -0.3 is 25.4 Å². The largest absolute Gasteiger partial charge is 0.483 e. The number of rotatable bonds is 4. The van der Waals surface area contributed by atoms with Gasteiger partial charge in [0.2, 0.25) is 5.91 Å². The number of urea groups is 1. The molecule has 0 spiro atoms. The molecule has 166 valence electrons. The number of amides is 3. The zero-order valence-corrected chi connectivity index (χ0v) is 16.8. The van der Waals surface area contributed by atoms with E-state index in [-0.39, 0.29) is 36.3 Å². The summed E-state index contributed by atoms with van der Waals surface area (Å²) in [6.45, 7) is 1.54. The molecule has 2 saturated heterocycles. The van der Waals surface area contributed by atoms with Crippen LogP contribution in [0.1, 0.15) is 12.8 Å². The molecule has 2 aliphatic heterocycles. The predicted octanol–water partition coefficient (Wildman–Crippen LogP) is 1.11. The van der Waals surface area contributed by atoms with Crippen molar-refractivity contribution in [2.24, 2.45) is 0 Å². The summed E-state index contributed by atoms with van der Waals surface area (Å²) >= 11 is 0. The lowest BCUT2D eigenvalue weighted by Gasteiger charge is -2.35. The van der Waals surface area contributed by atoms with E-state index in [0.29, 0.717) is 32.5 Å². The number of fused-ring (bicyclic) bond motifs is 1. The molecule has 11 heteroatoms. The molecule has 0 saturated carbocycles. The van der Waals surface area contributed by atoms with Crippen LogP contribution in [0.2, 0.25) is 0 Å². The SMILES string of the molecule is CN(C)C(=O)C[C@H]1CN2C[C@H](NC(=O)Nc3ccc(F)cc3F)C[C@H]2CO1.O=CO. The Balaban J connectivity index is 0.00000101. The van der Waals surface area contributed by atoms with Gasteiger partial charge in [-0.25, -0.2) is 13.6 Å². The summed E-state index contributed by atoms with van der Waals surface area (Å²) in [6.07, 6.45) is 0.892. The van der Waals surface area contributed by atoms with Crippen molar-refractivity contribution in [2.45, 2.75) is 31.0 Å². The Kier molecular flexibility index (Phi) is 8.48. The highest BCUT2D eigenvalue weighted by atomic mass is 19.1. The van der Waals surface area contributed by atoms with Crippen molar-refractivity contribution < 1.29 is 33.0 Å². The number of halogens is 2. The van der Waals surface area contributed by atoms with Crippen LogP contribution in [0.25, 0.3) is 0 Å².